The van der Waals surface area contributed by atoms with Crippen molar-refractivity contribution in [1.82, 2.24) is 9.55 Å². The van der Waals surface area contributed by atoms with Crippen LogP contribution < -0.4 is 0 Å². The zero-order valence-electron chi connectivity index (χ0n) is 7.63. The Balaban J connectivity index is 2.48. The molecule has 0 saturated heterocycles. The van der Waals surface area contributed by atoms with Crippen LogP contribution in [0.25, 0.3) is 0 Å². The first-order valence-electron chi connectivity index (χ1n) is 4.63. The number of hydrogen-bond donors (Lipinski definition) is 1. The van der Waals surface area contributed by atoms with Gasteiger partial charge in [0.2, 0.25) is 0 Å². The quantitative estimate of drug-likeness (QED) is 0.822. The lowest BCUT2D eigenvalue weighted by atomic mass is 10.1. The SMILES string of the molecule is CC(O)c1c(Br)nc2n1CCCC2. The van der Waals surface area contributed by atoms with Crippen LogP contribution in [-0.4, -0.2) is 14.7 Å². The number of fused-ring (bicyclic) bond motifs is 1. The van der Waals surface area contributed by atoms with Crippen LogP contribution in [-0.2, 0) is 13.0 Å². The van der Waals surface area contributed by atoms with E-state index in [0.717, 1.165) is 29.1 Å². The Hall–Kier alpha value is -0.350. The normalized spacial score (nSPS) is 18.4. The fourth-order valence-electron chi connectivity index (χ4n) is 1.87. The third-order valence-electron chi connectivity index (χ3n) is 2.47. The highest BCUT2D eigenvalue weighted by Crippen LogP contribution is 2.27. The fourth-order valence-corrected chi connectivity index (χ4v) is 2.62. The highest BCUT2D eigenvalue weighted by atomic mass is 79.9. The van der Waals surface area contributed by atoms with Crippen molar-refractivity contribution in [3.05, 3.63) is 16.1 Å². The van der Waals surface area contributed by atoms with Gasteiger partial charge in [-0.2, -0.15) is 0 Å². The molecule has 1 unspecified atom stereocenters. The molecule has 0 radical (unpaired) electrons. The molecule has 0 saturated carbocycles. The minimum absolute atomic E-state index is 0.436. The maximum absolute atomic E-state index is 9.56. The van der Waals surface area contributed by atoms with Gasteiger partial charge in [0, 0.05) is 13.0 Å². The minimum Gasteiger partial charge on any atom is -0.387 e. The first kappa shape index (κ1) is 9.21. The molecule has 13 heavy (non-hydrogen) atoms. The van der Waals surface area contributed by atoms with E-state index in [4.69, 9.17) is 0 Å². The second-order valence-corrected chi connectivity index (χ2v) is 4.24. The van der Waals surface area contributed by atoms with Crippen molar-refractivity contribution in [3.8, 4) is 0 Å². The minimum atomic E-state index is -0.436. The van der Waals surface area contributed by atoms with Gasteiger partial charge < -0.3 is 9.67 Å². The molecule has 2 rings (SSSR count). The molecule has 3 nitrogen and oxygen atoms in total. The molecule has 0 fully saturated rings. The van der Waals surface area contributed by atoms with Crippen molar-refractivity contribution in [2.24, 2.45) is 0 Å². The van der Waals surface area contributed by atoms with E-state index in [9.17, 15) is 5.11 Å². The predicted molar refractivity (Wildman–Crippen MR) is 53.5 cm³/mol. The molecule has 0 aliphatic carbocycles. The Morgan fingerprint density at radius 3 is 3.00 bits per heavy atom. The highest BCUT2D eigenvalue weighted by molar-refractivity contribution is 9.10. The monoisotopic (exact) mass is 244 g/mol. The summed E-state index contributed by atoms with van der Waals surface area (Å²) in [4.78, 5) is 4.39. The Morgan fingerprint density at radius 1 is 1.54 bits per heavy atom. The summed E-state index contributed by atoms with van der Waals surface area (Å²) >= 11 is 3.39. The van der Waals surface area contributed by atoms with Crippen molar-refractivity contribution >= 4 is 15.9 Å². The topological polar surface area (TPSA) is 38.1 Å². The van der Waals surface area contributed by atoms with Gasteiger partial charge in [-0.1, -0.05) is 0 Å². The summed E-state index contributed by atoms with van der Waals surface area (Å²) < 4.78 is 2.94. The summed E-state index contributed by atoms with van der Waals surface area (Å²) in [5, 5.41) is 9.56. The number of aromatic nitrogens is 2. The van der Waals surface area contributed by atoms with Crippen molar-refractivity contribution in [1.29, 1.82) is 0 Å². The van der Waals surface area contributed by atoms with Gasteiger partial charge in [0.05, 0.1) is 11.8 Å². The largest absolute Gasteiger partial charge is 0.387 e. The number of aliphatic hydroxyl groups is 1. The van der Waals surface area contributed by atoms with Gasteiger partial charge in [-0.15, -0.1) is 0 Å². The molecule has 0 bridgehead atoms. The third kappa shape index (κ3) is 1.53. The molecular weight excluding hydrogens is 232 g/mol. The summed E-state index contributed by atoms with van der Waals surface area (Å²) in [5.41, 5.74) is 0.926. The van der Waals surface area contributed by atoms with Crippen LogP contribution in [0.3, 0.4) is 0 Å². The molecule has 1 aromatic rings. The highest BCUT2D eigenvalue weighted by Gasteiger charge is 2.20. The molecule has 4 heteroatoms. The predicted octanol–water partition coefficient (Wildman–Crippen LogP) is 2.04. The first-order chi connectivity index (χ1) is 6.20. The Kier molecular flexibility index (Phi) is 2.43. The van der Waals surface area contributed by atoms with Crippen LogP contribution in [0.15, 0.2) is 4.60 Å². The average Bonchev–Trinajstić information content (AvgIpc) is 2.39. The Morgan fingerprint density at radius 2 is 2.31 bits per heavy atom. The molecule has 1 aliphatic rings. The number of halogens is 1. The lowest BCUT2D eigenvalue weighted by molar-refractivity contribution is 0.186. The lowest BCUT2D eigenvalue weighted by Gasteiger charge is -2.17. The molecule has 1 atom stereocenters. The second-order valence-electron chi connectivity index (χ2n) is 3.49. The summed E-state index contributed by atoms with van der Waals surface area (Å²) in [6.45, 7) is 2.78. The van der Waals surface area contributed by atoms with E-state index in [1.807, 2.05) is 0 Å². The standard InChI is InChI=1S/C9H13BrN2O/c1-6(13)8-9(10)11-7-4-2-3-5-12(7)8/h6,13H,2-5H2,1H3. The Labute approximate surface area is 85.9 Å². The summed E-state index contributed by atoms with van der Waals surface area (Å²) in [6.07, 6.45) is 3.00. The van der Waals surface area contributed by atoms with Gasteiger partial charge in [0.25, 0.3) is 0 Å². The van der Waals surface area contributed by atoms with E-state index in [-0.39, 0.29) is 0 Å². The average molecular weight is 245 g/mol. The zero-order chi connectivity index (χ0) is 9.42. The molecule has 1 aliphatic heterocycles. The molecule has 0 spiro atoms. The molecule has 0 amide bonds. The van der Waals surface area contributed by atoms with E-state index in [2.05, 4.69) is 25.5 Å². The molecule has 1 aromatic heterocycles. The van der Waals surface area contributed by atoms with Crippen LogP contribution in [0.2, 0.25) is 0 Å². The maximum atomic E-state index is 9.56. The van der Waals surface area contributed by atoms with Crippen LogP contribution >= 0.6 is 15.9 Å². The smallest absolute Gasteiger partial charge is 0.130 e. The summed E-state index contributed by atoms with van der Waals surface area (Å²) in [7, 11) is 0. The fraction of sp³-hybridized carbons (Fsp3) is 0.667. The van der Waals surface area contributed by atoms with E-state index in [0.29, 0.717) is 0 Å². The Bertz CT molecular complexity index is 320. The van der Waals surface area contributed by atoms with Crippen molar-refractivity contribution in [2.45, 2.75) is 38.8 Å². The maximum Gasteiger partial charge on any atom is 0.130 e. The van der Waals surface area contributed by atoms with Gasteiger partial charge in [0.15, 0.2) is 0 Å². The number of aliphatic hydroxyl groups excluding tert-OH is 1. The molecule has 72 valence electrons. The number of rotatable bonds is 1. The van der Waals surface area contributed by atoms with E-state index >= 15 is 0 Å². The van der Waals surface area contributed by atoms with Gasteiger partial charge in [-0.05, 0) is 35.7 Å². The molecular formula is C9H13BrN2O. The molecule has 0 aromatic carbocycles. The lowest BCUT2D eigenvalue weighted by Crippen LogP contribution is -2.14. The third-order valence-corrected chi connectivity index (χ3v) is 3.05. The van der Waals surface area contributed by atoms with Crippen molar-refractivity contribution < 1.29 is 5.11 Å². The van der Waals surface area contributed by atoms with E-state index in [1.165, 1.54) is 12.8 Å². The van der Waals surface area contributed by atoms with Gasteiger partial charge in [-0.25, -0.2) is 4.98 Å². The van der Waals surface area contributed by atoms with Crippen LogP contribution in [0.1, 0.15) is 37.4 Å². The van der Waals surface area contributed by atoms with Crippen LogP contribution in [0.4, 0.5) is 0 Å². The second kappa shape index (κ2) is 3.42. The van der Waals surface area contributed by atoms with Crippen LogP contribution in [0, 0.1) is 0 Å². The number of nitrogens with zero attached hydrogens (tertiary/aromatic N) is 2. The van der Waals surface area contributed by atoms with Gasteiger partial charge >= 0.3 is 0 Å². The van der Waals surface area contributed by atoms with E-state index in [1.54, 1.807) is 6.92 Å². The number of aryl methyl sites for hydroxylation is 1. The van der Waals surface area contributed by atoms with Crippen molar-refractivity contribution in [3.63, 3.8) is 0 Å². The van der Waals surface area contributed by atoms with Gasteiger partial charge in [0.1, 0.15) is 10.4 Å². The number of imidazole rings is 1. The number of hydrogen-bond acceptors (Lipinski definition) is 2. The van der Waals surface area contributed by atoms with E-state index < -0.39 is 6.10 Å². The van der Waals surface area contributed by atoms with Crippen LogP contribution in [0.5, 0.6) is 0 Å². The van der Waals surface area contributed by atoms with Crippen molar-refractivity contribution in [2.75, 3.05) is 0 Å². The summed E-state index contributed by atoms with van der Waals surface area (Å²) in [6, 6.07) is 0. The zero-order valence-corrected chi connectivity index (χ0v) is 9.21. The first-order valence-corrected chi connectivity index (χ1v) is 5.42. The summed E-state index contributed by atoms with van der Waals surface area (Å²) in [5.74, 6) is 1.11. The van der Waals surface area contributed by atoms with Gasteiger partial charge in [-0.3, -0.25) is 0 Å². The molecule has 2 heterocycles. The molecule has 1 N–H and O–H groups in total.